The minimum atomic E-state index is -3.05. The average Bonchev–Trinajstić information content (AvgIpc) is 2.95. The van der Waals surface area contributed by atoms with E-state index >= 15 is 0 Å². The van der Waals surface area contributed by atoms with Gasteiger partial charge in [0.25, 0.3) is 0 Å². The molecule has 2 heterocycles. The number of sulfonamides is 1. The Morgan fingerprint density at radius 1 is 1.00 bits per heavy atom. The fraction of sp³-hybridized carbons (Fsp3) is 1.00. The molecule has 2 saturated heterocycles. The first-order valence-corrected chi connectivity index (χ1v) is 9.33. The highest BCUT2D eigenvalue weighted by molar-refractivity contribution is 7.89. The van der Waals surface area contributed by atoms with Crippen LogP contribution in [-0.2, 0) is 10.0 Å². The number of rotatable bonds is 2. The van der Waals surface area contributed by atoms with E-state index in [0.717, 1.165) is 38.9 Å². The molecular weight excluding hydrogens is 260 g/mol. The summed E-state index contributed by atoms with van der Waals surface area (Å²) in [5.41, 5.74) is 0.484. The van der Waals surface area contributed by atoms with Crippen molar-refractivity contribution < 1.29 is 8.42 Å². The predicted molar refractivity (Wildman–Crippen MR) is 76.5 cm³/mol. The molecule has 0 bridgehead atoms. The van der Waals surface area contributed by atoms with Crippen LogP contribution in [0.5, 0.6) is 0 Å². The van der Waals surface area contributed by atoms with Gasteiger partial charge in [0.2, 0.25) is 10.0 Å². The van der Waals surface area contributed by atoms with Crippen molar-refractivity contribution in [3.63, 3.8) is 0 Å². The highest BCUT2D eigenvalue weighted by atomic mass is 32.2. The molecule has 4 nitrogen and oxygen atoms in total. The Balaban J connectivity index is 1.63. The SMILES string of the molecule is O=S(=O)(C1CCNC1)N1CCC2(CCCCC2)CC1. The van der Waals surface area contributed by atoms with E-state index in [4.69, 9.17) is 0 Å². The van der Waals surface area contributed by atoms with E-state index in [1.165, 1.54) is 32.1 Å². The molecule has 1 N–H and O–H groups in total. The number of nitrogens with zero attached hydrogens (tertiary/aromatic N) is 1. The Labute approximate surface area is 117 Å². The molecule has 1 spiro atoms. The Bertz CT molecular complexity index is 399. The molecule has 3 aliphatic rings. The molecule has 19 heavy (non-hydrogen) atoms. The summed E-state index contributed by atoms with van der Waals surface area (Å²) in [4.78, 5) is 0. The topological polar surface area (TPSA) is 49.4 Å². The van der Waals surface area contributed by atoms with Gasteiger partial charge in [-0.25, -0.2) is 12.7 Å². The molecule has 0 amide bonds. The third kappa shape index (κ3) is 2.69. The lowest BCUT2D eigenvalue weighted by atomic mass is 9.68. The average molecular weight is 286 g/mol. The summed E-state index contributed by atoms with van der Waals surface area (Å²) in [7, 11) is -3.05. The summed E-state index contributed by atoms with van der Waals surface area (Å²) in [6.45, 7) is 3.02. The van der Waals surface area contributed by atoms with Crippen molar-refractivity contribution in [3.05, 3.63) is 0 Å². The van der Waals surface area contributed by atoms with Crippen LogP contribution in [-0.4, -0.2) is 44.2 Å². The van der Waals surface area contributed by atoms with Gasteiger partial charge in [0, 0.05) is 19.6 Å². The normalized spacial score (nSPS) is 32.7. The summed E-state index contributed by atoms with van der Waals surface area (Å²) in [6.07, 6.45) is 9.68. The second-order valence-corrected chi connectivity index (χ2v) is 8.83. The van der Waals surface area contributed by atoms with Crippen LogP contribution in [0.15, 0.2) is 0 Å². The summed E-state index contributed by atoms with van der Waals surface area (Å²) in [5.74, 6) is 0. The quantitative estimate of drug-likeness (QED) is 0.841. The minimum absolute atomic E-state index is 0.173. The lowest BCUT2D eigenvalue weighted by molar-refractivity contribution is 0.102. The van der Waals surface area contributed by atoms with Crippen molar-refractivity contribution in [2.45, 2.75) is 56.6 Å². The third-order valence-corrected chi connectivity index (χ3v) is 7.82. The fourth-order valence-corrected chi connectivity index (χ4v) is 5.97. The molecule has 1 aliphatic carbocycles. The Kier molecular flexibility index (Phi) is 3.89. The van der Waals surface area contributed by atoms with Crippen molar-refractivity contribution in [1.82, 2.24) is 9.62 Å². The van der Waals surface area contributed by atoms with Crippen molar-refractivity contribution >= 4 is 10.0 Å². The zero-order valence-electron chi connectivity index (χ0n) is 11.7. The van der Waals surface area contributed by atoms with E-state index in [1.807, 2.05) is 0 Å². The summed E-state index contributed by atoms with van der Waals surface area (Å²) < 4.78 is 26.9. The number of piperidine rings is 1. The fourth-order valence-electron chi connectivity index (χ4n) is 4.11. The maximum atomic E-state index is 12.5. The van der Waals surface area contributed by atoms with Crippen LogP contribution >= 0.6 is 0 Å². The van der Waals surface area contributed by atoms with Crippen LogP contribution in [0.4, 0.5) is 0 Å². The van der Waals surface area contributed by atoms with E-state index in [9.17, 15) is 8.42 Å². The minimum Gasteiger partial charge on any atom is -0.315 e. The number of hydrogen-bond donors (Lipinski definition) is 1. The van der Waals surface area contributed by atoms with E-state index in [-0.39, 0.29) is 5.25 Å². The Morgan fingerprint density at radius 3 is 2.26 bits per heavy atom. The van der Waals surface area contributed by atoms with E-state index < -0.39 is 10.0 Å². The van der Waals surface area contributed by atoms with Crippen LogP contribution in [0.25, 0.3) is 0 Å². The van der Waals surface area contributed by atoms with Gasteiger partial charge in [-0.05, 0) is 44.1 Å². The lowest BCUT2D eigenvalue weighted by Gasteiger charge is -2.44. The first kappa shape index (κ1) is 13.8. The van der Waals surface area contributed by atoms with Gasteiger partial charge in [-0.2, -0.15) is 0 Å². The molecule has 1 saturated carbocycles. The van der Waals surface area contributed by atoms with Crippen LogP contribution in [0.2, 0.25) is 0 Å². The highest BCUT2D eigenvalue weighted by Gasteiger charge is 2.41. The predicted octanol–water partition coefficient (Wildman–Crippen LogP) is 1.72. The van der Waals surface area contributed by atoms with E-state index in [1.54, 1.807) is 4.31 Å². The first-order valence-electron chi connectivity index (χ1n) is 7.82. The smallest absolute Gasteiger partial charge is 0.218 e. The standard InChI is InChI=1S/C14H26N2O2S/c17-19(18,13-4-9-15-12-13)16-10-7-14(8-11-16)5-2-1-3-6-14/h13,15H,1-12H2. The van der Waals surface area contributed by atoms with Crippen LogP contribution in [0.1, 0.15) is 51.4 Å². The maximum Gasteiger partial charge on any atom is 0.218 e. The zero-order valence-corrected chi connectivity index (χ0v) is 12.6. The molecular formula is C14H26N2O2S. The Hall–Kier alpha value is -0.130. The van der Waals surface area contributed by atoms with Crippen LogP contribution in [0, 0.1) is 5.41 Å². The first-order chi connectivity index (χ1) is 9.12. The molecule has 1 unspecified atom stereocenters. The van der Waals surface area contributed by atoms with Gasteiger partial charge >= 0.3 is 0 Å². The zero-order chi connectivity index (χ0) is 13.3. The third-order valence-electron chi connectivity index (χ3n) is 5.49. The molecule has 1 atom stereocenters. The summed E-state index contributed by atoms with van der Waals surface area (Å²) in [6, 6.07) is 0. The van der Waals surface area contributed by atoms with E-state index in [2.05, 4.69) is 5.32 Å². The lowest BCUT2D eigenvalue weighted by Crippen LogP contribution is -2.47. The van der Waals surface area contributed by atoms with Gasteiger partial charge in [-0.1, -0.05) is 19.3 Å². The van der Waals surface area contributed by atoms with E-state index in [0.29, 0.717) is 12.0 Å². The van der Waals surface area contributed by atoms with Crippen molar-refractivity contribution in [2.75, 3.05) is 26.2 Å². The van der Waals surface area contributed by atoms with Gasteiger partial charge < -0.3 is 5.32 Å². The van der Waals surface area contributed by atoms with Gasteiger partial charge in [-0.15, -0.1) is 0 Å². The molecule has 3 rings (SSSR count). The second-order valence-electron chi connectivity index (χ2n) is 6.62. The van der Waals surface area contributed by atoms with Gasteiger partial charge in [-0.3, -0.25) is 0 Å². The molecule has 0 aromatic rings. The van der Waals surface area contributed by atoms with Gasteiger partial charge in [0.1, 0.15) is 0 Å². The monoisotopic (exact) mass is 286 g/mol. The van der Waals surface area contributed by atoms with Crippen molar-refractivity contribution in [3.8, 4) is 0 Å². The molecule has 3 fully saturated rings. The number of nitrogens with one attached hydrogen (secondary N) is 1. The van der Waals surface area contributed by atoms with Gasteiger partial charge in [0.05, 0.1) is 5.25 Å². The molecule has 110 valence electrons. The molecule has 0 radical (unpaired) electrons. The molecule has 0 aromatic carbocycles. The van der Waals surface area contributed by atoms with Crippen LogP contribution < -0.4 is 5.32 Å². The number of hydrogen-bond acceptors (Lipinski definition) is 3. The van der Waals surface area contributed by atoms with Crippen molar-refractivity contribution in [1.29, 1.82) is 0 Å². The van der Waals surface area contributed by atoms with Crippen LogP contribution in [0.3, 0.4) is 0 Å². The highest BCUT2D eigenvalue weighted by Crippen LogP contribution is 2.45. The van der Waals surface area contributed by atoms with Gasteiger partial charge in [0.15, 0.2) is 0 Å². The Morgan fingerprint density at radius 2 is 1.68 bits per heavy atom. The molecule has 0 aromatic heterocycles. The summed E-state index contributed by atoms with van der Waals surface area (Å²) in [5, 5.41) is 3.00. The van der Waals surface area contributed by atoms with Crippen molar-refractivity contribution in [2.24, 2.45) is 5.41 Å². The molecule has 5 heteroatoms. The maximum absolute atomic E-state index is 12.5. The molecule has 2 aliphatic heterocycles. The second kappa shape index (κ2) is 5.34. The summed E-state index contributed by atoms with van der Waals surface area (Å²) >= 11 is 0. The largest absolute Gasteiger partial charge is 0.315 e.